The van der Waals surface area contributed by atoms with Gasteiger partial charge in [0.1, 0.15) is 6.10 Å². The van der Waals surface area contributed by atoms with E-state index in [1.165, 1.54) is 6.42 Å². The molecule has 0 aromatic heterocycles. The van der Waals surface area contributed by atoms with Gasteiger partial charge in [-0.1, -0.05) is 13.3 Å². The van der Waals surface area contributed by atoms with Crippen molar-refractivity contribution in [3.63, 3.8) is 0 Å². The lowest BCUT2D eigenvalue weighted by atomic mass is 10.3. The molecule has 0 fully saturated rings. The highest BCUT2D eigenvalue weighted by molar-refractivity contribution is 7.94. The van der Waals surface area contributed by atoms with E-state index >= 15 is 0 Å². The summed E-state index contributed by atoms with van der Waals surface area (Å²) in [5.74, 6) is 0. The Morgan fingerprint density at radius 2 is 2.00 bits per heavy atom. The van der Waals surface area contributed by atoms with Crippen molar-refractivity contribution in [3.8, 4) is 0 Å². The van der Waals surface area contributed by atoms with Crippen LogP contribution in [0.2, 0.25) is 0 Å². The molecule has 0 aliphatic heterocycles. The molecule has 0 heterocycles. The molecule has 0 aromatic rings. The van der Waals surface area contributed by atoms with Crippen LogP contribution in [-0.2, 0) is 4.74 Å². The summed E-state index contributed by atoms with van der Waals surface area (Å²) >= 11 is 1.72. The summed E-state index contributed by atoms with van der Waals surface area (Å²) in [4.78, 5) is 0. The molecular weight excluding hydrogens is 210 g/mol. The maximum Gasteiger partial charge on any atom is 0.180 e. The number of ether oxygens (including phenoxy) is 1. The second kappa shape index (κ2) is 9.19. The Kier molecular flexibility index (Phi) is 10.6. The van der Waals surface area contributed by atoms with E-state index < -0.39 is 0 Å². The highest BCUT2D eigenvalue weighted by Crippen LogP contribution is 2.13. The predicted octanol–water partition coefficient (Wildman–Crippen LogP) is 1.61. The molecule has 0 rings (SSSR count). The van der Waals surface area contributed by atoms with E-state index in [-0.39, 0.29) is 16.3 Å². The Bertz CT molecular complexity index is 166. The molecule has 0 unspecified atom stereocenters. The molecule has 0 bridgehead atoms. The van der Waals surface area contributed by atoms with Gasteiger partial charge in [0.2, 0.25) is 0 Å². The zero-order valence-corrected chi connectivity index (χ0v) is 11.4. The zero-order chi connectivity index (χ0) is 11.0. The summed E-state index contributed by atoms with van der Waals surface area (Å²) in [7, 11) is 0. The largest absolute Gasteiger partial charge is 0.870 e. The van der Waals surface area contributed by atoms with E-state index in [9.17, 15) is 0 Å². The fourth-order valence-electron chi connectivity index (χ4n) is 0.768. The first-order chi connectivity index (χ1) is 6.45. The summed E-state index contributed by atoms with van der Waals surface area (Å²) < 4.78 is 9.03. The summed E-state index contributed by atoms with van der Waals surface area (Å²) in [5.41, 5.74) is 0. The van der Waals surface area contributed by atoms with Crippen LogP contribution in [0.3, 0.4) is 0 Å². The van der Waals surface area contributed by atoms with Crippen LogP contribution in [0.1, 0.15) is 47.5 Å². The lowest BCUT2D eigenvalue weighted by Crippen LogP contribution is -2.63. The van der Waals surface area contributed by atoms with E-state index in [0.717, 1.165) is 13.0 Å². The van der Waals surface area contributed by atoms with Crippen molar-refractivity contribution in [2.75, 3.05) is 6.61 Å². The molecular formula is C11H25NO2S. The monoisotopic (exact) mass is 235 g/mol. The molecule has 92 valence electrons. The van der Waals surface area contributed by atoms with E-state index in [1.807, 2.05) is 6.21 Å². The number of rotatable bonds is 6. The Morgan fingerprint density at radius 3 is 2.47 bits per heavy atom. The lowest BCUT2D eigenvalue weighted by molar-refractivity contribution is -0.245. The lowest BCUT2D eigenvalue weighted by Gasteiger charge is -2.08. The highest BCUT2D eigenvalue weighted by atomic mass is 32.2. The number of hydrogen-bond acceptors (Lipinski definition) is 3. The van der Waals surface area contributed by atoms with Crippen LogP contribution in [0.5, 0.6) is 0 Å². The van der Waals surface area contributed by atoms with Gasteiger partial charge in [0.25, 0.3) is 0 Å². The van der Waals surface area contributed by atoms with Crippen molar-refractivity contribution < 1.29 is 14.6 Å². The third-order valence-electron chi connectivity index (χ3n) is 1.55. The van der Waals surface area contributed by atoms with Crippen LogP contribution < -0.4 is 4.40 Å². The van der Waals surface area contributed by atoms with Crippen molar-refractivity contribution in [1.82, 2.24) is 0 Å². The quantitative estimate of drug-likeness (QED) is 0.432. The standard InChI is InChI=1S/C11H23NOS.H2O/c1-6-7-8-13-10(2)9-12-14-11(3,4)5;/h9-10H,6-8H2,1-5H3;1H2/t10-;/m0./s1. The van der Waals surface area contributed by atoms with Crippen LogP contribution in [-0.4, -0.2) is 29.1 Å². The second-order valence-corrected chi connectivity index (χ2v) is 6.09. The van der Waals surface area contributed by atoms with Gasteiger partial charge in [-0.15, -0.1) is 0 Å². The van der Waals surface area contributed by atoms with Crippen LogP contribution >= 0.6 is 11.9 Å². The van der Waals surface area contributed by atoms with E-state index in [1.54, 1.807) is 11.9 Å². The minimum Gasteiger partial charge on any atom is -0.870 e. The molecule has 0 saturated carbocycles. The fraction of sp³-hybridized carbons (Fsp3) is 0.909. The zero-order valence-electron chi connectivity index (χ0n) is 10.5. The SMILES string of the molecule is CCCCO[C@@H](C)C=[NH+]SC(C)(C)C.[OH-]. The first-order valence-electron chi connectivity index (χ1n) is 5.34. The maximum atomic E-state index is 5.57. The fourth-order valence-corrected chi connectivity index (χ4v) is 1.38. The molecule has 0 aliphatic rings. The van der Waals surface area contributed by atoms with Gasteiger partial charge in [-0.05, 0) is 34.1 Å². The first-order valence-corrected chi connectivity index (χ1v) is 6.16. The molecule has 0 spiro atoms. The first kappa shape index (κ1) is 17.3. The van der Waals surface area contributed by atoms with Gasteiger partial charge in [-0.25, -0.2) is 0 Å². The number of nitrogens with one attached hydrogen (secondary N) is 1. The van der Waals surface area contributed by atoms with Gasteiger partial charge < -0.3 is 10.2 Å². The summed E-state index contributed by atoms with van der Waals surface area (Å²) in [5, 5.41) is 0. The van der Waals surface area contributed by atoms with Gasteiger partial charge in [0.05, 0.1) is 4.75 Å². The Hall–Kier alpha value is -0.0600. The van der Waals surface area contributed by atoms with Crippen LogP contribution in [0.15, 0.2) is 0 Å². The molecule has 0 amide bonds. The third-order valence-corrected chi connectivity index (χ3v) is 2.41. The van der Waals surface area contributed by atoms with Gasteiger partial charge in [0, 0.05) is 6.61 Å². The molecule has 2 N–H and O–H groups in total. The highest BCUT2D eigenvalue weighted by Gasteiger charge is 2.15. The number of hydrogen-bond donors (Lipinski definition) is 1. The topological polar surface area (TPSA) is 53.2 Å². The van der Waals surface area contributed by atoms with E-state index in [2.05, 4.69) is 39.0 Å². The average molecular weight is 235 g/mol. The molecule has 0 radical (unpaired) electrons. The maximum absolute atomic E-state index is 5.57. The van der Waals surface area contributed by atoms with Crippen molar-refractivity contribution in [2.45, 2.75) is 58.3 Å². The van der Waals surface area contributed by atoms with Crippen molar-refractivity contribution in [1.29, 1.82) is 0 Å². The Labute approximate surface area is 98.1 Å². The molecule has 0 aromatic carbocycles. The molecule has 0 aliphatic carbocycles. The second-order valence-electron chi connectivity index (χ2n) is 4.43. The molecule has 4 heteroatoms. The van der Waals surface area contributed by atoms with Gasteiger partial charge in [0.15, 0.2) is 18.2 Å². The van der Waals surface area contributed by atoms with E-state index in [0.29, 0.717) is 0 Å². The predicted molar refractivity (Wildman–Crippen MR) is 66.6 cm³/mol. The van der Waals surface area contributed by atoms with Crippen molar-refractivity contribution in [3.05, 3.63) is 0 Å². The minimum absolute atomic E-state index is 0. The Morgan fingerprint density at radius 1 is 1.40 bits per heavy atom. The summed E-state index contributed by atoms with van der Waals surface area (Å²) in [6, 6.07) is 0. The third kappa shape index (κ3) is 13.9. The molecule has 15 heavy (non-hydrogen) atoms. The Balaban J connectivity index is 0. The van der Waals surface area contributed by atoms with Gasteiger partial charge >= 0.3 is 0 Å². The van der Waals surface area contributed by atoms with Gasteiger partial charge in [-0.2, -0.15) is 4.40 Å². The van der Waals surface area contributed by atoms with Crippen LogP contribution in [0.4, 0.5) is 0 Å². The molecule has 3 nitrogen and oxygen atoms in total. The van der Waals surface area contributed by atoms with E-state index in [4.69, 9.17) is 4.74 Å². The molecule has 0 saturated heterocycles. The summed E-state index contributed by atoms with van der Waals surface area (Å²) in [6.45, 7) is 11.6. The van der Waals surface area contributed by atoms with Gasteiger partial charge in [-0.3, -0.25) is 0 Å². The molecule has 1 atom stereocenters. The normalized spacial score (nSPS) is 13.9. The van der Waals surface area contributed by atoms with Crippen molar-refractivity contribution in [2.24, 2.45) is 0 Å². The number of unbranched alkanes of at least 4 members (excludes halogenated alkanes) is 1. The smallest absolute Gasteiger partial charge is 0.180 e. The average Bonchev–Trinajstić information content (AvgIpc) is 2.02. The van der Waals surface area contributed by atoms with Crippen LogP contribution in [0.25, 0.3) is 0 Å². The van der Waals surface area contributed by atoms with Crippen LogP contribution in [0, 0.1) is 0 Å². The van der Waals surface area contributed by atoms with Crippen molar-refractivity contribution >= 4 is 18.2 Å². The minimum atomic E-state index is 0. The summed E-state index contributed by atoms with van der Waals surface area (Å²) in [6.07, 6.45) is 4.53.